The summed E-state index contributed by atoms with van der Waals surface area (Å²) in [6.45, 7) is 5.98. The first-order valence-corrected chi connectivity index (χ1v) is 7.24. The molecule has 20 heavy (non-hydrogen) atoms. The molecule has 2 aromatic carbocycles. The van der Waals surface area contributed by atoms with Crippen molar-refractivity contribution in [3.8, 4) is 17.2 Å². The third-order valence-corrected chi connectivity index (χ3v) is 3.21. The fourth-order valence-electron chi connectivity index (χ4n) is 1.81. The summed E-state index contributed by atoms with van der Waals surface area (Å²) < 4.78 is 12.4. The zero-order valence-electron chi connectivity index (χ0n) is 11.8. The molecule has 0 amide bonds. The molecule has 2 N–H and O–H groups in total. The van der Waals surface area contributed by atoms with Crippen molar-refractivity contribution in [3.05, 3.63) is 46.4 Å². The highest BCUT2D eigenvalue weighted by atomic mass is 79.9. The summed E-state index contributed by atoms with van der Waals surface area (Å²) in [5.41, 5.74) is 7.66. The van der Waals surface area contributed by atoms with Crippen LogP contribution in [0.5, 0.6) is 17.2 Å². The highest BCUT2D eigenvalue weighted by Crippen LogP contribution is 2.33. The van der Waals surface area contributed by atoms with Crippen molar-refractivity contribution in [3.63, 3.8) is 0 Å². The van der Waals surface area contributed by atoms with Crippen molar-refractivity contribution in [2.24, 2.45) is 0 Å². The first-order valence-electron chi connectivity index (χ1n) is 6.45. The molecule has 3 nitrogen and oxygen atoms in total. The number of hydrogen-bond donors (Lipinski definition) is 1. The molecule has 0 aliphatic rings. The van der Waals surface area contributed by atoms with E-state index in [1.165, 1.54) is 5.56 Å². The second-order valence-corrected chi connectivity index (χ2v) is 5.79. The predicted molar refractivity (Wildman–Crippen MR) is 85.6 cm³/mol. The standard InChI is InChI=1S/C16H18BrNO2/c1-10(2)19-13-7-12(18)8-14(9-13)20-16-5-4-11(3)6-15(16)17/h4-10H,18H2,1-3H3. The summed E-state index contributed by atoms with van der Waals surface area (Å²) in [5.74, 6) is 2.11. The highest BCUT2D eigenvalue weighted by molar-refractivity contribution is 9.10. The first kappa shape index (κ1) is 14.7. The molecule has 106 valence electrons. The van der Waals surface area contributed by atoms with E-state index in [2.05, 4.69) is 15.9 Å². The van der Waals surface area contributed by atoms with Gasteiger partial charge in [-0.15, -0.1) is 0 Å². The van der Waals surface area contributed by atoms with Crippen LogP contribution < -0.4 is 15.2 Å². The Labute approximate surface area is 127 Å². The fourth-order valence-corrected chi connectivity index (χ4v) is 2.38. The first-order chi connectivity index (χ1) is 9.44. The van der Waals surface area contributed by atoms with E-state index in [0.29, 0.717) is 17.2 Å². The molecule has 2 aromatic rings. The molecule has 0 saturated heterocycles. The van der Waals surface area contributed by atoms with Gasteiger partial charge in [0.1, 0.15) is 17.2 Å². The topological polar surface area (TPSA) is 44.5 Å². The van der Waals surface area contributed by atoms with Crippen LogP contribution in [-0.2, 0) is 0 Å². The van der Waals surface area contributed by atoms with Crippen LogP contribution in [0.25, 0.3) is 0 Å². The average molecular weight is 336 g/mol. The monoisotopic (exact) mass is 335 g/mol. The molecule has 0 saturated carbocycles. The Morgan fingerprint density at radius 2 is 1.75 bits per heavy atom. The zero-order chi connectivity index (χ0) is 14.7. The maximum absolute atomic E-state index is 5.88. The fraction of sp³-hybridized carbons (Fsp3) is 0.250. The summed E-state index contributed by atoms with van der Waals surface area (Å²) in [6, 6.07) is 11.3. The van der Waals surface area contributed by atoms with E-state index in [9.17, 15) is 0 Å². The van der Waals surface area contributed by atoms with Gasteiger partial charge in [0.15, 0.2) is 0 Å². The number of nitrogen functional groups attached to an aromatic ring is 1. The molecule has 0 radical (unpaired) electrons. The Kier molecular flexibility index (Phi) is 4.55. The number of aryl methyl sites for hydroxylation is 1. The lowest BCUT2D eigenvalue weighted by molar-refractivity contribution is 0.242. The van der Waals surface area contributed by atoms with Crippen LogP contribution in [0, 0.1) is 6.92 Å². The van der Waals surface area contributed by atoms with Gasteiger partial charge >= 0.3 is 0 Å². The SMILES string of the molecule is Cc1ccc(Oc2cc(N)cc(OC(C)C)c2)c(Br)c1. The van der Waals surface area contributed by atoms with Gasteiger partial charge in [0.05, 0.1) is 10.6 Å². The number of rotatable bonds is 4. The van der Waals surface area contributed by atoms with Crippen LogP contribution in [0.4, 0.5) is 5.69 Å². The minimum absolute atomic E-state index is 0.0933. The van der Waals surface area contributed by atoms with E-state index in [1.54, 1.807) is 12.1 Å². The Bertz CT molecular complexity index is 611. The van der Waals surface area contributed by atoms with Crippen LogP contribution >= 0.6 is 15.9 Å². The molecule has 0 heterocycles. The van der Waals surface area contributed by atoms with E-state index in [4.69, 9.17) is 15.2 Å². The molecule has 0 fully saturated rings. The van der Waals surface area contributed by atoms with Crippen LogP contribution in [0.2, 0.25) is 0 Å². The minimum Gasteiger partial charge on any atom is -0.491 e. The zero-order valence-corrected chi connectivity index (χ0v) is 13.4. The summed E-state index contributed by atoms with van der Waals surface area (Å²) in [4.78, 5) is 0. The molecule has 2 rings (SSSR count). The minimum atomic E-state index is 0.0933. The molecule has 0 aliphatic carbocycles. The predicted octanol–water partition coefficient (Wildman–Crippen LogP) is 4.92. The molecule has 0 aliphatic heterocycles. The summed E-state index contributed by atoms with van der Waals surface area (Å²) >= 11 is 3.49. The summed E-state index contributed by atoms with van der Waals surface area (Å²) in [6.07, 6.45) is 0.0933. The largest absolute Gasteiger partial charge is 0.491 e. The molecule has 0 aromatic heterocycles. The average Bonchev–Trinajstić information content (AvgIpc) is 2.31. The van der Waals surface area contributed by atoms with E-state index in [0.717, 1.165) is 10.2 Å². The molecule has 4 heteroatoms. The number of hydrogen-bond acceptors (Lipinski definition) is 3. The lowest BCUT2D eigenvalue weighted by Gasteiger charge is -2.13. The molecular weight excluding hydrogens is 318 g/mol. The van der Waals surface area contributed by atoms with E-state index < -0.39 is 0 Å². The second kappa shape index (κ2) is 6.18. The third-order valence-electron chi connectivity index (χ3n) is 2.59. The van der Waals surface area contributed by atoms with Crippen molar-refractivity contribution in [1.82, 2.24) is 0 Å². The van der Waals surface area contributed by atoms with Gasteiger partial charge < -0.3 is 15.2 Å². The van der Waals surface area contributed by atoms with Crippen molar-refractivity contribution in [1.29, 1.82) is 0 Å². The third kappa shape index (κ3) is 3.90. The lowest BCUT2D eigenvalue weighted by atomic mass is 10.2. The van der Waals surface area contributed by atoms with Crippen molar-refractivity contribution in [2.75, 3.05) is 5.73 Å². The number of halogens is 1. The smallest absolute Gasteiger partial charge is 0.141 e. The molecule has 0 atom stereocenters. The Hall–Kier alpha value is -1.68. The molecular formula is C16H18BrNO2. The second-order valence-electron chi connectivity index (χ2n) is 4.94. The maximum Gasteiger partial charge on any atom is 0.141 e. The summed E-state index contributed by atoms with van der Waals surface area (Å²) in [7, 11) is 0. The maximum atomic E-state index is 5.88. The van der Waals surface area contributed by atoms with Crippen LogP contribution in [0.1, 0.15) is 19.4 Å². The van der Waals surface area contributed by atoms with Gasteiger partial charge in [-0.05, 0) is 54.4 Å². The van der Waals surface area contributed by atoms with Gasteiger partial charge in [-0.25, -0.2) is 0 Å². The number of benzene rings is 2. The normalized spacial score (nSPS) is 10.7. The van der Waals surface area contributed by atoms with Crippen molar-refractivity contribution in [2.45, 2.75) is 26.9 Å². The van der Waals surface area contributed by atoms with Crippen molar-refractivity contribution >= 4 is 21.6 Å². The van der Waals surface area contributed by atoms with Crippen molar-refractivity contribution < 1.29 is 9.47 Å². The quantitative estimate of drug-likeness (QED) is 0.806. The van der Waals surface area contributed by atoms with Gasteiger partial charge in [0.2, 0.25) is 0 Å². The summed E-state index contributed by atoms with van der Waals surface area (Å²) in [5, 5.41) is 0. The molecule has 0 spiro atoms. The van der Waals surface area contributed by atoms with E-state index in [1.807, 2.05) is 45.0 Å². The number of anilines is 1. The Balaban J connectivity index is 2.26. The van der Waals surface area contributed by atoms with E-state index >= 15 is 0 Å². The molecule has 0 unspecified atom stereocenters. The Morgan fingerprint density at radius 1 is 1.05 bits per heavy atom. The molecule has 0 bridgehead atoms. The van der Waals surface area contributed by atoms with Gasteiger partial charge in [0, 0.05) is 23.9 Å². The van der Waals surface area contributed by atoms with Gasteiger partial charge in [0.25, 0.3) is 0 Å². The van der Waals surface area contributed by atoms with Crippen LogP contribution in [0.3, 0.4) is 0 Å². The van der Waals surface area contributed by atoms with Gasteiger partial charge in [-0.2, -0.15) is 0 Å². The highest BCUT2D eigenvalue weighted by Gasteiger charge is 2.07. The number of nitrogens with two attached hydrogens (primary N) is 1. The Morgan fingerprint density at radius 3 is 2.40 bits per heavy atom. The van der Waals surface area contributed by atoms with Gasteiger partial charge in [-0.3, -0.25) is 0 Å². The number of ether oxygens (including phenoxy) is 2. The van der Waals surface area contributed by atoms with Crippen LogP contribution in [-0.4, -0.2) is 6.10 Å². The van der Waals surface area contributed by atoms with Gasteiger partial charge in [-0.1, -0.05) is 6.07 Å². The lowest BCUT2D eigenvalue weighted by Crippen LogP contribution is -2.05. The van der Waals surface area contributed by atoms with E-state index in [-0.39, 0.29) is 6.10 Å². The van der Waals surface area contributed by atoms with Crippen LogP contribution in [0.15, 0.2) is 40.9 Å².